The summed E-state index contributed by atoms with van der Waals surface area (Å²) in [6.45, 7) is 3.10. The Labute approximate surface area is 91.4 Å². The van der Waals surface area contributed by atoms with E-state index in [0.29, 0.717) is 6.04 Å². The van der Waals surface area contributed by atoms with Gasteiger partial charge in [-0.05, 0) is 38.8 Å². The van der Waals surface area contributed by atoms with E-state index in [2.05, 4.69) is 10.6 Å². The second-order valence-electron chi connectivity index (χ2n) is 4.65. The molecule has 2 saturated heterocycles. The Morgan fingerprint density at radius 2 is 2.20 bits per heavy atom. The molecular weight excluding hydrogens is 190 g/mol. The molecule has 0 bridgehead atoms. The molecule has 4 heteroatoms. The fourth-order valence-corrected chi connectivity index (χ4v) is 2.45. The Kier molecular flexibility index (Phi) is 3.59. The van der Waals surface area contributed by atoms with Crippen LogP contribution in [0.1, 0.15) is 25.7 Å². The highest BCUT2D eigenvalue weighted by atomic mass is 16.2. The highest BCUT2D eigenvalue weighted by Gasteiger charge is 2.30. The van der Waals surface area contributed by atoms with Gasteiger partial charge in [-0.2, -0.15) is 0 Å². The standard InChI is InChI=1S/C11H21N3O/c1-14-8-5-10(11(14)15)13-9-3-2-6-12-7-4-9/h9-10,12-13H,2-8H2,1H3. The van der Waals surface area contributed by atoms with Crippen LogP contribution in [0.2, 0.25) is 0 Å². The van der Waals surface area contributed by atoms with E-state index in [-0.39, 0.29) is 11.9 Å². The van der Waals surface area contributed by atoms with E-state index >= 15 is 0 Å². The lowest BCUT2D eigenvalue weighted by atomic mass is 10.1. The minimum absolute atomic E-state index is 0.0816. The first kappa shape index (κ1) is 10.9. The van der Waals surface area contributed by atoms with Crippen LogP contribution >= 0.6 is 0 Å². The lowest BCUT2D eigenvalue weighted by Gasteiger charge is -2.20. The van der Waals surface area contributed by atoms with E-state index in [1.807, 2.05) is 11.9 Å². The van der Waals surface area contributed by atoms with E-state index in [1.54, 1.807) is 0 Å². The molecule has 2 aliphatic heterocycles. The van der Waals surface area contributed by atoms with Crippen molar-refractivity contribution in [2.75, 3.05) is 26.7 Å². The van der Waals surface area contributed by atoms with E-state index in [9.17, 15) is 4.79 Å². The summed E-state index contributed by atoms with van der Waals surface area (Å²) in [7, 11) is 1.89. The molecule has 0 radical (unpaired) electrons. The number of likely N-dealkylation sites (N-methyl/N-ethyl adjacent to an activating group) is 1. The van der Waals surface area contributed by atoms with Gasteiger partial charge in [0.05, 0.1) is 6.04 Å². The van der Waals surface area contributed by atoms with Crippen molar-refractivity contribution >= 4 is 5.91 Å². The molecule has 0 aliphatic carbocycles. The maximum Gasteiger partial charge on any atom is 0.239 e. The van der Waals surface area contributed by atoms with Crippen LogP contribution in [0.3, 0.4) is 0 Å². The fourth-order valence-electron chi connectivity index (χ4n) is 2.45. The zero-order valence-electron chi connectivity index (χ0n) is 9.46. The maximum atomic E-state index is 11.7. The highest BCUT2D eigenvalue weighted by molar-refractivity contribution is 5.83. The third-order valence-electron chi connectivity index (χ3n) is 3.44. The molecule has 2 fully saturated rings. The quantitative estimate of drug-likeness (QED) is 0.673. The van der Waals surface area contributed by atoms with Gasteiger partial charge in [-0.25, -0.2) is 0 Å². The number of rotatable bonds is 2. The van der Waals surface area contributed by atoms with Gasteiger partial charge in [0.25, 0.3) is 0 Å². The van der Waals surface area contributed by atoms with Gasteiger partial charge < -0.3 is 15.5 Å². The van der Waals surface area contributed by atoms with Crippen LogP contribution in [0.4, 0.5) is 0 Å². The normalized spacial score (nSPS) is 33.1. The van der Waals surface area contributed by atoms with Gasteiger partial charge in [-0.3, -0.25) is 4.79 Å². The number of carbonyl (C=O) groups is 1. The molecule has 0 aromatic carbocycles. The third-order valence-corrected chi connectivity index (χ3v) is 3.44. The van der Waals surface area contributed by atoms with Gasteiger partial charge in [-0.1, -0.05) is 0 Å². The Hall–Kier alpha value is -0.610. The second kappa shape index (κ2) is 4.94. The van der Waals surface area contributed by atoms with Crippen molar-refractivity contribution in [2.45, 2.75) is 37.8 Å². The van der Waals surface area contributed by atoms with Crippen LogP contribution in [0.15, 0.2) is 0 Å². The van der Waals surface area contributed by atoms with Crippen molar-refractivity contribution in [1.29, 1.82) is 0 Å². The SMILES string of the molecule is CN1CCC(NC2CCCNCC2)C1=O. The van der Waals surface area contributed by atoms with Crippen LogP contribution in [0, 0.1) is 0 Å². The summed E-state index contributed by atoms with van der Waals surface area (Å²) < 4.78 is 0. The monoisotopic (exact) mass is 211 g/mol. The van der Waals surface area contributed by atoms with Gasteiger partial charge in [-0.15, -0.1) is 0 Å². The average Bonchev–Trinajstić information content (AvgIpc) is 2.50. The fraction of sp³-hybridized carbons (Fsp3) is 0.909. The summed E-state index contributed by atoms with van der Waals surface area (Å²) in [6, 6.07) is 0.610. The van der Waals surface area contributed by atoms with Crippen molar-refractivity contribution < 1.29 is 4.79 Å². The molecule has 0 aromatic rings. The first-order valence-electron chi connectivity index (χ1n) is 5.99. The molecule has 86 valence electrons. The van der Waals surface area contributed by atoms with Crippen LogP contribution in [0.5, 0.6) is 0 Å². The number of hydrogen-bond donors (Lipinski definition) is 2. The van der Waals surface area contributed by atoms with Gasteiger partial charge in [0.15, 0.2) is 0 Å². The highest BCUT2D eigenvalue weighted by Crippen LogP contribution is 2.12. The van der Waals surface area contributed by atoms with Gasteiger partial charge in [0.2, 0.25) is 5.91 Å². The van der Waals surface area contributed by atoms with Crippen LogP contribution in [-0.2, 0) is 4.79 Å². The Balaban J connectivity index is 1.82. The Morgan fingerprint density at radius 1 is 1.33 bits per heavy atom. The predicted octanol–water partition coefficient (Wildman–Crippen LogP) is -0.0512. The molecule has 4 nitrogen and oxygen atoms in total. The first-order chi connectivity index (χ1) is 7.27. The molecule has 2 atom stereocenters. The molecule has 2 N–H and O–H groups in total. The van der Waals surface area contributed by atoms with Crippen molar-refractivity contribution in [3.05, 3.63) is 0 Å². The maximum absolute atomic E-state index is 11.7. The number of likely N-dealkylation sites (tertiary alicyclic amines) is 1. The number of carbonyl (C=O) groups excluding carboxylic acids is 1. The minimum atomic E-state index is 0.0816. The molecule has 2 unspecified atom stereocenters. The molecule has 2 aliphatic rings. The van der Waals surface area contributed by atoms with E-state index in [1.165, 1.54) is 12.8 Å². The van der Waals surface area contributed by atoms with Gasteiger partial charge in [0, 0.05) is 19.6 Å². The van der Waals surface area contributed by atoms with Gasteiger partial charge >= 0.3 is 0 Å². The summed E-state index contributed by atoms with van der Waals surface area (Å²) in [4.78, 5) is 13.5. The zero-order valence-corrected chi connectivity index (χ0v) is 9.46. The second-order valence-corrected chi connectivity index (χ2v) is 4.65. The number of amides is 1. The largest absolute Gasteiger partial charge is 0.344 e. The van der Waals surface area contributed by atoms with Crippen LogP contribution in [0.25, 0.3) is 0 Å². The molecule has 1 amide bonds. The first-order valence-corrected chi connectivity index (χ1v) is 5.99. The van der Waals surface area contributed by atoms with Crippen molar-refractivity contribution in [3.63, 3.8) is 0 Å². The summed E-state index contributed by atoms with van der Waals surface area (Å²) in [5.41, 5.74) is 0. The lowest BCUT2D eigenvalue weighted by Crippen LogP contribution is -2.43. The van der Waals surface area contributed by atoms with E-state index in [0.717, 1.165) is 32.5 Å². The Morgan fingerprint density at radius 3 is 2.93 bits per heavy atom. The smallest absolute Gasteiger partial charge is 0.239 e. The summed E-state index contributed by atoms with van der Waals surface area (Å²) in [5, 5.41) is 6.89. The predicted molar refractivity (Wildman–Crippen MR) is 59.7 cm³/mol. The molecule has 2 rings (SSSR count). The van der Waals surface area contributed by atoms with Crippen molar-refractivity contribution in [1.82, 2.24) is 15.5 Å². The van der Waals surface area contributed by atoms with E-state index < -0.39 is 0 Å². The summed E-state index contributed by atoms with van der Waals surface area (Å²) >= 11 is 0. The average molecular weight is 211 g/mol. The van der Waals surface area contributed by atoms with E-state index in [4.69, 9.17) is 0 Å². The molecule has 0 spiro atoms. The third kappa shape index (κ3) is 2.69. The summed E-state index contributed by atoms with van der Waals surface area (Å²) in [5.74, 6) is 0.271. The van der Waals surface area contributed by atoms with Crippen molar-refractivity contribution in [2.24, 2.45) is 0 Å². The molecule has 0 aromatic heterocycles. The molecule has 15 heavy (non-hydrogen) atoms. The number of nitrogens with zero attached hydrogens (tertiary/aromatic N) is 1. The summed E-state index contributed by atoms with van der Waals surface area (Å²) in [6.07, 6.45) is 4.53. The Bertz CT molecular complexity index is 224. The van der Waals surface area contributed by atoms with Crippen molar-refractivity contribution in [3.8, 4) is 0 Å². The number of hydrogen-bond acceptors (Lipinski definition) is 3. The topological polar surface area (TPSA) is 44.4 Å². The number of nitrogens with one attached hydrogen (secondary N) is 2. The molecule has 2 heterocycles. The van der Waals surface area contributed by atoms with Crippen LogP contribution < -0.4 is 10.6 Å². The minimum Gasteiger partial charge on any atom is -0.344 e. The zero-order chi connectivity index (χ0) is 10.7. The molecular formula is C11H21N3O. The van der Waals surface area contributed by atoms with Gasteiger partial charge in [0.1, 0.15) is 0 Å². The molecule has 0 saturated carbocycles. The van der Waals surface area contributed by atoms with Crippen LogP contribution in [-0.4, -0.2) is 49.6 Å². The lowest BCUT2D eigenvalue weighted by molar-refractivity contribution is -0.128.